The maximum Gasteiger partial charge on any atom is 0.305 e. The van der Waals surface area contributed by atoms with Crippen LogP contribution in [0.4, 0.5) is 8.78 Å². The molecule has 0 N–H and O–H groups in total. The molecule has 0 radical (unpaired) electrons. The zero-order valence-corrected chi connectivity index (χ0v) is 16.3. The fourth-order valence-electron chi connectivity index (χ4n) is 3.07. The maximum absolute atomic E-state index is 13.8. The second-order valence-electron chi connectivity index (χ2n) is 6.88. The lowest BCUT2D eigenvalue weighted by Gasteiger charge is -2.14. The number of esters is 1. The first kappa shape index (κ1) is 23.2. The van der Waals surface area contributed by atoms with E-state index in [2.05, 4.69) is 4.74 Å². The molecule has 27 heavy (non-hydrogen) atoms. The van der Waals surface area contributed by atoms with Crippen molar-refractivity contribution in [3.63, 3.8) is 0 Å². The molecule has 0 spiro atoms. The molecular formula is C21H30F2O4. The van der Waals surface area contributed by atoms with Gasteiger partial charge in [0.2, 0.25) is 5.78 Å². The molecule has 0 aromatic carbocycles. The average Bonchev–Trinajstić information content (AvgIpc) is 3.00. The van der Waals surface area contributed by atoms with Crippen LogP contribution >= 0.6 is 0 Å². The number of hydrogen-bond donors (Lipinski definition) is 0. The van der Waals surface area contributed by atoms with Gasteiger partial charge in [-0.1, -0.05) is 31.1 Å². The molecule has 152 valence electrons. The minimum Gasteiger partial charge on any atom is -0.469 e. The van der Waals surface area contributed by atoms with Crippen LogP contribution in [-0.2, 0) is 19.1 Å². The van der Waals surface area contributed by atoms with Crippen LogP contribution in [0.15, 0.2) is 23.3 Å². The highest BCUT2D eigenvalue weighted by Crippen LogP contribution is 2.31. The number of allylic oxidation sites excluding steroid dienone is 4. The number of carbonyl (C=O) groups is 3. The number of ether oxygens (including phenoxy) is 1. The molecule has 6 heteroatoms. The molecule has 0 aliphatic heterocycles. The molecule has 4 nitrogen and oxygen atoms in total. The predicted octanol–water partition coefficient (Wildman–Crippen LogP) is 5.11. The number of hydrogen-bond acceptors (Lipinski definition) is 4. The van der Waals surface area contributed by atoms with Gasteiger partial charge in [-0.05, 0) is 44.1 Å². The summed E-state index contributed by atoms with van der Waals surface area (Å²) in [4.78, 5) is 34.9. The molecule has 0 aromatic heterocycles. The van der Waals surface area contributed by atoms with Crippen molar-refractivity contribution in [2.45, 2.75) is 83.5 Å². The van der Waals surface area contributed by atoms with Crippen molar-refractivity contribution in [1.82, 2.24) is 0 Å². The van der Waals surface area contributed by atoms with Gasteiger partial charge in [-0.3, -0.25) is 14.4 Å². The van der Waals surface area contributed by atoms with E-state index in [9.17, 15) is 23.2 Å². The number of halogens is 2. The number of unbranched alkanes of at least 4 members (excludes halogenated alkanes) is 2. The zero-order chi connectivity index (χ0) is 20.3. The van der Waals surface area contributed by atoms with Gasteiger partial charge < -0.3 is 4.74 Å². The van der Waals surface area contributed by atoms with E-state index in [0.717, 1.165) is 5.57 Å². The van der Waals surface area contributed by atoms with E-state index in [1.54, 1.807) is 0 Å². The van der Waals surface area contributed by atoms with E-state index in [-0.39, 0.29) is 24.6 Å². The number of rotatable bonds is 13. The Labute approximate surface area is 160 Å². The van der Waals surface area contributed by atoms with Gasteiger partial charge in [0.05, 0.1) is 7.11 Å². The third kappa shape index (κ3) is 8.14. The van der Waals surface area contributed by atoms with Gasteiger partial charge in [-0.2, -0.15) is 8.78 Å². The summed E-state index contributed by atoms with van der Waals surface area (Å²) in [5, 5.41) is 0. The Kier molecular flexibility index (Phi) is 10.1. The fourth-order valence-corrected chi connectivity index (χ4v) is 3.07. The highest BCUT2D eigenvalue weighted by atomic mass is 19.3. The maximum atomic E-state index is 13.8. The predicted molar refractivity (Wildman–Crippen MR) is 99.6 cm³/mol. The van der Waals surface area contributed by atoms with E-state index in [1.807, 2.05) is 19.1 Å². The van der Waals surface area contributed by atoms with Crippen LogP contribution in [0.1, 0.15) is 77.6 Å². The minimum absolute atomic E-state index is 0.0365. The number of methoxy groups -OCH3 is 1. The standard InChI is InChI=1S/C21H30F2O4/c1-3-4-15-21(22,23)19(25)14-12-16-11-13-18(24)17(16)9-7-5-6-8-10-20(26)27-2/h5,7H,3-4,6,8-15H2,1-2H3. The minimum atomic E-state index is -3.26. The van der Waals surface area contributed by atoms with Gasteiger partial charge in [0.1, 0.15) is 0 Å². The number of alkyl halides is 2. The SMILES string of the molecule is CCCCC(F)(F)C(=O)CCC1=C(CC=CCCCC(=O)OC)C(=O)CC1. The van der Waals surface area contributed by atoms with Gasteiger partial charge in [0, 0.05) is 25.7 Å². The molecule has 0 fully saturated rings. The van der Waals surface area contributed by atoms with Crippen molar-refractivity contribution >= 4 is 17.5 Å². The molecule has 0 heterocycles. The fraction of sp³-hybridized carbons (Fsp3) is 0.667. The molecule has 0 unspecified atom stereocenters. The summed E-state index contributed by atoms with van der Waals surface area (Å²) in [5.41, 5.74) is 1.49. The molecular weight excluding hydrogens is 354 g/mol. The van der Waals surface area contributed by atoms with E-state index in [4.69, 9.17) is 0 Å². The van der Waals surface area contributed by atoms with Crippen molar-refractivity contribution in [2.75, 3.05) is 7.11 Å². The Hall–Kier alpha value is -1.85. The summed E-state index contributed by atoms with van der Waals surface area (Å²) in [6, 6.07) is 0. The monoisotopic (exact) mass is 384 g/mol. The first-order valence-corrected chi connectivity index (χ1v) is 9.68. The lowest BCUT2D eigenvalue weighted by atomic mass is 9.98. The van der Waals surface area contributed by atoms with Crippen molar-refractivity contribution in [1.29, 1.82) is 0 Å². The van der Waals surface area contributed by atoms with E-state index < -0.39 is 18.1 Å². The smallest absolute Gasteiger partial charge is 0.305 e. The van der Waals surface area contributed by atoms with Gasteiger partial charge in [0.25, 0.3) is 0 Å². The summed E-state index contributed by atoms with van der Waals surface area (Å²) in [6.45, 7) is 1.81. The molecule has 0 amide bonds. The summed E-state index contributed by atoms with van der Waals surface area (Å²) in [7, 11) is 1.35. The molecule has 1 rings (SSSR count). The van der Waals surface area contributed by atoms with Crippen molar-refractivity contribution < 1.29 is 27.9 Å². The molecule has 0 bridgehead atoms. The second-order valence-corrected chi connectivity index (χ2v) is 6.88. The van der Waals surface area contributed by atoms with E-state index in [0.29, 0.717) is 56.9 Å². The van der Waals surface area contributed by atoms with Crippen molar-refractivity contribution in [3.8, 4) is 0 Å². The van der Waals surface area contributed by atoms with Crippen molar-refractivity contribution in [3.05, 3.63) is 23.3 Å². The lowest BCUT2D eigenvalue weighted by molar-refractivity contribution is -0.144. The number of Topliss-reactive ketones (excluding diaryl/α,β-unsaturated/α-hetero) is 2. The molecule has 1 aliphatic rings. The first-order valence-electron chi connectivity index (χ1n) is 9.68. The molecule has 0 atom stereocenters. The summed E-state index contributed by atoms with van der Waals surface area (Å²) in [6.07, 6.45) is 7.46. The Bertz CT molecular complexity index is 591. The van der Waals surface area contributed by atoms with Gasteiger partial charge >= 0.3 is 11.9 Å². The molecule has 0 saturated heterocycles. The third-order valence-electron chi connectivity index (χ3n) is 4.79. The van der Waals surface area contributed by atoms with E-state index in [1.165, 1.54) is 7.11 Å². The Balaban J connectivity index is 2.51. The van der Waals surface area contributed by atoms with Gasteiger partial charge in [-0.25, -0.2) is 0 Å². The summed E-state index contributed by atoms with van der Waals surface area (Å²) in [5.74, 6) is -4.51. The molecule has 0 saturated carbocycles. The van der Waals surface area contributed by atoms with Crippen LogP contribution in [-0.4, -0.2) is 30.6 Å². The normalized spacial score (nSPS) is 15.0. The lowest BCUT2D eigenvalue weighted by Crippen LogP contribution is -2.28. The third-order valence-corrected chi connectivity index (χ3v) is 4.79. The largest absolute Gasteiger partial charge is 0.469 e. The van der Waals surface area contributed by atoms with Crippen LogP contribution in [0, 0.1) is 0 Å². The van der Waals surface area contributed by atoms with Gasteiger partial charge in [-0.15, -0.1) is 0 Å². The van der Waals surface area contributed by atoms with Crippen LogP contribution in [0.25, 0.3) is 0 Å². The number of carbonyl (C=O) groups excluding carboxylic acids is 3. The molecule has 1 aliphatic carbocycles. The Morgan fingerprint density at radius 1 is 1.15 bits per heavy atom. The Morgan fingerprint density at radius 2 is 1.89 bits per heavy atom. The second kappa shape index (κ2) is 11.8. The quantitative estimate of drug-likeness (QED) is 0.251. The first-order chi connectivity index (χ1) is 12.8. The van der Waals surface area contributed by atoms with Crippen LogP contribution in [0.2, 0.25) is 0 Å². The van der Waals surface area contributed by atoms with Crippen molar-refractivity contribution in [2.24, 2.45) is 0 Å². The zero-order valence-electron chi connectivity index (χ0n) is 16.3. The van der Waals surface area contributed by atoms with E-state index >= 15 is 0 Å². The molecule has 0 aromatic rings. The van der Waals surface area contributed by atoms with Crippen LogP contribution in [0.3, 0.4) is 0 Å². The number of ketones is 2. The summed E-state index contributed by atoms with van der Waals surface area (Å²) < 4.78 is 32.1. The Morgan fingerprint density at radius 3 is 2.56 bits per heavy atom. The van der Waals surface area contributed by atoms with Crippen LogP contribution < -0.4 is 0 Å². The average molecular weight is 384 g/mol. The van der Waals surface area contributed by atoms with Crippen LogP contribution in [0.5, 0.6) is 0 Å². The topological polar surface area (TPSA) is 60.4 Å². The highest BCUT2D eigenvalue weighted by molar-refractivity contribution is 5.99. The summed E-state index contributed by atoms with van der Waals surface area (Å²) >= 11 is 0. The van der Waals surface area contributed by atoms with Gasteiger partial charge in [0.15, 0.2) is 5.78 Å². The highest BCUT2D eigenvalue weighted by Gasteiger charge is 2.37.